The molecule has 0 aliphatic carbocycles. The zero-order chi connectivity index (χ0) is 21.6. The molecule has 7 heteroatoms. The lowest BCUT2D eigenvalue weighted by atomic mass is 10.1. The number of carbonyl (C=O) groups is 1. The van der Waals surface area contributed by atoms with E-state index in [2.05, 4.69) is 23.1 Å². The van der Waals surface area contributed by atoms with Crippen LogP contribution in [0, 0.1) is 19.8 Å². The molecule has 0 aliphatic heterocycles. The van der Waals surface area contributed by atoms with Gasteiger partial charge in [0, 0.05) is 37.6 Å². The second-order valence-corrected chi connectivity index (χ2v) is 9.23. The predicted molar refractivity (Wildman–Crippen MR) is 126 cm³/mol. The summed E-state index contributed by atoms with van der Waals surface area (Å²) in [7, 11) is 5.67. The van der Waals surface area contributed by atoms with Crippen LogP contribution in [0.3, 0.4) is 0 Å². The molecule has 2 rings (SSSR count). The summed E-state index contributed by atoms with van der Waals surface area (Å²) in [5.41, 5.74) is 3.26. The molecule has 29 heavy (non-hydrogen) atoms. The Kier molecular flexibility index (Phi) is 8.46. The summed E-state index contributed by atoms with van der Waals surface area (Å²) in [4.78, 5) is 15.7. The van der Waals surface area contributed by atoms with Crippen molar-refractivity contribution in [2.45, 2.75) is 32.6 Å². The second-order valence-electron chi connectivity index (χ2n) is 7.25. The Balaban J connectivity index is 2.05. The minimum atomic E-state index is -0.456. The summed E-state index contributed by atoms with van der Waals surface area (Å²) in [6.45, 7) is 8.20. The first-order chi connectivity index (χ1) is 13.7. The number of anilines is 1. The molecule has 0 aromatic heterocycles. The molecule has 5 nitrogen and oxygen atoms in total. The smallest absolute Gasteiger partial charge is 0.410 e. The molecule has 156 valence electrons. The van der Waals surface area contributed by atoms with Gasteiger partial charge in [0.05, 0.1) is 17.2 Å². The van der Waals surface area contributed by atoms with E-state index >= 15 is 0 Å². The van der Waals surface area contributed by atoms with Crippen LogP contribution < -0.4 is 9.64 Å². The van der Waals surface area contributed by atoms with Crippen LogP contribution in [0.15, 0.2) is 51.8 Å². The number of hydrogen-bond acceptors (Lipinski definition) is 6. The second kappa shape index (κ2) is 10.6. The average molecular weight is 432 g/mol. The van der Waals surface area contributed by atoms with Crippen LogP contribution in [0.25, 0.3) is 0 Å². The van der Waals surface area contributed by atoms with Gasteiger partial charge in [-0.2, -0.15) is 4.40 Å². The number of benzene rings is 2. The fraction of sp³-hybridized carbons (Fsp3) is 0.364. The van der Waals surface area contributed by atoms with Crippen LogP contribution in [0.5, 0.6) is 5.75 Å². The van der Waals surface area contributed by atoms with Crippen molar-refractivity contribution in [2.75, 3.05) is 26.0 Å². The van der Waals surface area contributed by atoms with Gasteiger partial charge in [0.15, 0.2) is 0 Å². The van der Waals surface area contributed by atoms with Crippen LogP contribution in [0.4, 0.5) is 10.5 Å². The summed E-state index contributed by atoms with van der Waals surface area (Å²) in [5.74, 6) is 0.788. The molecule has 0 unspecified atom stereocenters. The maximum atomic E-state index is 12.5. The van der Waals surface area contributed by atoms with E-state index < -0.39 is 6.09 Å². The van der Waals surface area contributed by atoms with Gasteiger partial charge in [-0.25, -0.2) is 9.10 Å². The van der Waals surface area contributed by atoms with Gasteiger partial charge in [-0.05, 0) is 49.2 Å². The fourth-order valence-electron chi connectivity index (χ4n) is 2.83. The SMILES string of the molecule is Cc1cc(OC(=O)N(C)SN=C(Sc2ccccc2)C(C)C)cc(C)c1N(C)C. The summed E-state index contributed by atoms with van der Waals surface area (Å²) in [6.07, 6.45) is -0.456. The summed E-state index contributed by atoms with van der Waals surface area (Å²) < 4.78 is 11.5. The van der Waals surface area contributed by atoms with Crippen molar-refractivity contribution in [3.8, 4) is 5.75 Å². The molecular weight excluding hydrogens is 402 g/mol. The van der Waals surface area contributed by atoms with Gasteiger partial charge in [0.2, 0.25) is 0 Å². The third-order valence-electron chi connectivity index (χ3n) is 4.09. The lowest BCUT2D eigenvalue weighted by molar-refractivity contribution is 0.187. The minimum absolute atomic E-state index is 0.251. The van der Waals surface area contributed by atoms with Crippen molar-refractivity contribution < 1.29 is 9.53 Å². The first-order valence-corrected chi connectivity index (χ1v) is 11.0. The van der Waals surface area contributed by atoms with Crippen molar-refractivity contribution in [3.05, 3.63) is 53.6 Å². The van der Waals surface area contributed by atoms with Gasteiger partial charge in [-0.15, -0.1) is 0 Å². The van der Waals surface area contributed by atoms with Gasteiger partial charge >= 0.3 is 6.09 Å². The predicted octanol–water partition coefficient (Wildman–Crippen LogP) is 6.21. The molecule has 0 aliphatic rings. The van der Waals surface area contributed by atoms with E-state index in [1.807, 2.05) is 70.4 Å². The van der Waals surface area contributed by atoms with E-state index in [-0.39, 0.29) is 5.92 Å². The molecule has 0 atom stereocenters. The van der Waals surface area contributed by atoms with E-state index in [9.17, 15) is 4.79 Å². The largest absolute Gasteiger partial charge is 0.426 e. The third kappa shape index (κ3) is 6.72. The Morgan fingerprint density at radius 3 is 2.14 bits per heavy atom. The highest BCUT2D eigenvalue weighted by Gasteiger charge is 2.16. The molecule has 0 spiro atoms. The molecule has 0 heterocycles. The molecule has 1 amide bonds. The van der Waals surface area contributed by atoms with Crippen molar-refractivity contribution in [1.29, 1.82) is 0 Å². The number of rotatable bonds is 6. The van der Waals surface area contributed by atoms with Crippen LogP contribution in [-0.2, 0) is 0 Å². The lowest BCUT2D eigenvalue weighted by Gasteiger charge is -2.20. The molecule has 2 aromatic rings. The number of nitrogens with zero attached hydrogens (tertiary/aromatic N) is 3. The number of hydrogen-bond donors (Lipinski definition) is 0. The highest BCUT2D eigenvalue weighted by atomic mass is 32.2. The third-order valence-corrected chi connectivity index (χ3v) is 6.15. The Morgan fingerprint density at radius 1 is 1.03 bits per heavy atom. The fourth-order valence-corrected chi connectivity index (χ4v) is 4.37. The standard InChI is InChI=1S/C22H29N3O2S2/c1-15(2)21(28-19-11-9-8-10-12-19)23-29-25(7)22(26)27-18-13-16(3)20(24(5)6)17(4)14-18/h8-15H,1-7H3. The van der Waals surface area contributed by atoms with Gasteiger partial charge in [-0.3, -0.25) is 0 Å². The van der Waals surface area contributed by atoms with Crippen molar-refractivity contribution in [2.24, 2.45) is 10.3 Å². The van der Waals surface area contributed by atoms with Crippen LogP contribution in [0.1, 0.15) is 25.0 Å². The number of ether oxygens (including phenoxy) is 1. The quantitative estimate of drug-likeness (QED) is 0.235. The zero-order valence-electron chi connectivity index (χ0n) is 18.1. The Hall–Kier alpha value is -2.12. The topological polar surface area (TPSA) is 45.1 Å². The highest BCUT2D eigenvalue weighted by molar-refractivity contribution is 8.14. The van der Waals surface area contributed by atoms with Crippen LogP contribution >= 0.6 is 23.9 Å². The first kappa shape index (κ1) is 23.2. The van der Waals surface area contributed by atoms with Crippen LogP contribution in [-0.4, -0.2) is 36.6 Å². The van der Waals surface area contributed by atoms with Crippen molar-refractivity contribution in [1.82, 2.24) is 4.31 Å². The van der Waals surface area contributed by atoms with Crippen molar-refractivity contribution in [3.63, 3.8) is 0 Å². The number of amides is 1. The van der Waals surface area contributed by atoms with Crippen molar-refractivity contribution >= 4 is 40.7 Å². The molecule has 0 bridgehead atoms. The van der Waals surface area contributed by atoms with E-state index in [0.717, 1.165) is 38.9 Å². The van der Waals surface area contributed by atoms with E-state index in [4.69, 9.17) is 4.74 Å². The number of aryl methyl sites for hydroxylation is 2. The van der Waals surface area contributed by atoms with Gasteiger partial charge < -0.3 is 9.64 Å². The van der Waals surface area contributed by atoms with Crippen LogP contribution in [0.2, 0.25) is 0 Å². The number of thioether (sulfide) groups is 1. The molecule has 2 aromatic carbocycles. The summed E-state index contributed by atoms with van der Waals surface area (Å²) in [5, 5.41) is 0.947. The Morgan fingerprint density at radius 2 is 1.62 bits per heavy atom. The first-order valence-electron chi connectivity index (χ1n) is 9.41. The monoisotopic (exact) mass is 431 g/mol. The van der Waals surface area contributed by atoms with E-state index in [1.54, 1.807) is 18.8 Å². The lowest BCUT2D eigenvalue weighted by Crippen LogP contribution is -2.23. The van der Waals surface area contributed by atoms with Gasteiger partial charge in [-0.1, -0.05) is 43.8 Å². The average Bonchev–Trinajstić information content (AvgIpc) is 2.64. The maximum absolute atomic E-state index is 12.5. The van der Waals surface area contributed by atoms with Gasteiger partial charge in [0.1, 0.15) is 5.75 Å². The molecule has 0 fully saturated rings. The molecule has 0 saturated heterocycles. The minimum Gasteiger partial charge on any atom is -0.410 e. The maximum Gasteiger partial charge on any atom is 0.426 e. The molecule has 0 radical (unpaired) electrons. The molecule has 0 saturated carbocycles. The highest BCUT2D eigenvalue weighted by Crippen LogP contribution is 2.29. The Labute approximate surface area is 182 Å². The van der Waals surface area contributed by atoms with E-state index in [0.29, 0.717) is 5.75 Å². The number of carbonyl (C=O) groups excluding carboxylic acids is 1. The van der Waals surface area contributed by atoms with E-state index in [1.165, 1.54) is 4.31 Å². The normalized spacial score (nSPS) is 11.5. The van der Waals surface area contributed by atoms with Gasteiger partial charge in [0.25, 0.3) is 0 Å². The molecular formula is C22H29N3O2S2. The Bertz CT molecular complexity index is 845. The summed E-state index contributed by atoms with van der Waals surface area (Å²) in [6, 6.07) is 13.9. The zero-order valence-corrected chi connectivity index (χ0v) is 19.7. The summed E-state index contributed by atoms with van der Waals surface area (Å²) >= 11 is 2.70. The molecule has 0 N–H and O–H groups in total.